The second-order valence-electron chi connectivity index (χ2n) is 2.02. The molecule has 0 aromatic heterocycles. The maximum absolute atomic E-state index is 10.1. The van der Waals surface area contributed by atoms with E-state index < -0.39 is 0 Å². The van der Waals surface area contributed by atoms with Crippen LogP contribution in [0.25, 0.3) is 0 Å². The van der Waals surface area contributed by atoms with Crippen molar-refractivity contribution >= 4 is 8.69 Å². The fourth-order valence-corrected chi connectivity index (χ4v) is 1.10. The van der Waals surface area contributed by atoms with Crippen molar-refractivity contribution in [2.24, 2.45) is 0 Å². The minimum Gasteiger partial charge on any atom is -0.407 e. The van der Waals surface area contributed by atoms with Gasteiger partial charge in [0.05, 0.1) is 0 Å². The SMILES string of the molecule is [CH2]Cc1ccccc1OP=O. The summed E-state index contributed by atoms with van der Waals surface area (Å²) < 4.78 is 14.9. The van der Waals surface area contributed by atoms with E-state index in [0.29, 0.717) is 12.2 Å². The molecule has 0 aliphatic carbocycles. The molecular weight excluding hydrogens is 159 g/mol. The Kier molecular flexibility index (Phi) is 3.06. The van der Waals surface area contributed by atoms with E-state index >= 15 is 0 Å². The third-order valence-electron chi connectivity index (χ3n) is 1.38. The van der Waals surface area contributed by atoms with Crippen molar-refractivity contribution < 1.29 is 9.09 Å². The van der Waals surface area contributed by atoms with Crippen molar-refractivity contribution in [2.75, 3.05) is 0 Å². The summed E-state index contributed by atoms with van der Waals surface area (Å²) in [6, 6.07) is 7.40. The van der Waals surface area contributed by atoms with Crippen LogP contribution in [0.3, 0.4) is 0 Å². The van der Waals surface area contributed by atoms with Crippen LogP contribution in [-0.4, -0.2) is 0 Å². The maximum atomic E-state index is 10.1. The van der Waals surface area contributed by atoms with Gasteiger partial charge in [0.2, 0.25) is 0 Å². The van der Waals surface area contributed by atoms with Crippen LogP contribution in [0.15, 0.2) is 24.3 Å². The molecule has 0 atom stereocenters. The van der Waals surface area contributed by atoms with E-state index in [1.165, 1.54) is 0 Å². The highest BCUT2D eigenvalue weighted by Gasteiger charge is 1.98. The average molecular weight is 167 g/mol. The standard InChI is InChI=1S/C8H8O2P/c1-2-7-5-3-4-6-8(7)10-11-9/h3-6H,1-2H2. The third-order valence-corrected chi connectivity index (χ3v) is 1.65. The molecule has 3 heteroatoms. The van der Waals surface area contributed by atoms with Crippen LogP contribution in [0.5, 0.6) is 5.75 Å². The summed E-state index contributed by atoms with van der Waals surface area (Å²) in [4.78, 5) is 0. The lowest BCUT2D eigenvalue weighted by molar-refractivity contribution is 0.522. The lowest BCUT2D eigenvalue weighted by Gasteiger charge is -2.01. The van der Waals surface area contributed by atoms with Crippen molar-refractivity contribution in [3.8, 4) is 5.75 Å². The predicted octanol–water partition coefficient (Wildman–Crippen LogP) is 2.65. The number of rotatable bonds is 3. The molecular formula is C8H8O2P. The normalized spacial score (nSPS) is 9.91. The Bertz CT molecular complexity index is 248. The molecule has 1 radical (unpaired) electrons. The zero-order valence-electron chi connectivity index (χ0n) is 5.99. The van der Waals surface area contributed by atoms with Crippen LogP contribution < -0.4 is 4.52 Å². The van der Waals surface area contributed by atoms with Crippen molar-refractivity contribution in [3.63, 3.8) is 0 Å². The van der Waals surface area contributed by atoms with Crippen molar-refractivity contribution in [3.05, 3.63) is 36.8 Å². The monoisotopic (exact) mass is 167 g/mol. The molecule has 0 unspecified atom stereocenters. The van der Waals surface area contributed by atoms with Crippen LogP contribution in [-0.2, 0) is 11.0 Å². The smallest absolute Gasteiger partial charge is 0.395 e. The average Bonchev–Trinajstić information content (AvgIpc) is 2.06. The van der Waals surface area contributed by atoms with E-state index in [9.17, 15) is 4.57 Å². The molecule has 1 rings (SSSR count). The van der Waals surface area contributed by atoms with Crippen LogP contribution >= 0.6 is 8.69 Å². The van der Waals surface area contributed by atoms with Gasteiger partial charge in [0.15, 0.2) is 0 Å². The zero-order chi connectivity index (χ0) is 8.10. The summed E-state index contributed by atoms with van der Waals surface area (Å²) in [5.74, 6) is 0.638. The Balaban J connectivity index is 2.92. The fourth-order valence-electron chi connectivity index (χ4n) is 0.840. The molecule has 0 amide bonds. The fraction of sp³-hybridized carbons (Fsp3) is 0.125. The Morgan fingerprint density at radius 2 is 2.18 bits per heavy atom. The van der Waals surface area contributed by atoms with E-state index in [0.717, 1.165) is 5.56 Å². The molecule has 2 nitrogen and oxygen atoms in total. The summed E-state index contributed by atoms with van der Waals surface area (Å²) in [5.41, 5.74) is 0.968. The number of para-hydroxylation sites is 1. The molecule has 0 saturated carbocycles. The molecule has 0 fully saturated rings. The lowest BCUT2D eigenvalue weighted by atomic mass is 10.1. The molecule has 1 aromatic carbocycles. The van der Waals surface area contributed by atoms with Gasteiger partial charge in [-0.1, -0.05) is 18.2 Å². The van der Waals surface area contributed by atoms with Crippen molar-refractivity contribution in [2.45, 2.75) is 6.42 Å². The first-order valence-corrected chi connectivity index (χ1v) is 3.98. The van der Waals surface area contributed by atoms with E-state index in [2.05, 4.69) is 6.92 Å². The first kappa shape index (κ1) is 8.22. The summed E-state index contributed by atoms with van der Waals surface area (Å²) in [6.07, 6.45) is 0.645. The molecule has 0 heterocycles. The van der Waals surface area contributed by atoms with E-state index in [1.807, 2.05) is 18.2 Å². The Hall–Kier alpha value is -0.880. The Morgan fingerprint density at radius 1 is 1.45 bits per heavy atom. The summed E-state index contributed by atoms with van der Waals surface area (Å²) >= 11 is 0. The van der Waals surface area contributed by atoms with Gasteiger partial charge in [-0.25, -0.2) is 4.57 Å². The molecule has 0 N–H and O–H groups in total. The molecule has 11 heavy (non-hydrogen) atoms. The van der Waals surface area contributed by atoms with Gasteiger partial charge >= 0.3 is 8.69 Å². The van der Waals surface area contributed by atoms with Crippen LogP contribution in [0.4, 0.5) is 0 Å². The van der Waals surface area contributed by atoms with Gasteiger partial charge < -0.3 is 4.52 Å². The molecule has 0 spiro atoms. The molecule has 0 aliphatic heterocycles. The second kappa shape index (κ2) is 4.09. The summed E-state index contributed by atoms with van der Waals surface area (Å²) in [6.45, 7) is 3.71. The third kappa shape index (κ3) is 2.02. The van der Waals surface area contributed by atoms with Crippen LogP contribution in [0.2, 0.25) is 0 Å². The van der Waals surface area contributed by atoms with E-state index in [-0.39, 0.29) is 8.69 Å². The van der Waals surface area contributed by atoms with Gasteiger partial charge in [-0.3, -0.25) is 0 Å². The largest absolute Gasteiger partial charge is 0.407 e. The van der Waals surface area contributed by atoms with Gasteiger partial charge in [0.1, 0.15) is 5.75 Å². The van der Waals surface area contributed by atoms with Gasteiger partial charge in [-0.05, 0) is 25.0 Å². The lowest BCUT2D eigenvalue weighted by Crippen LogP contribution is -1.84. The van der Waals surface area contributed by atoms with Gasteiger partial charge in [-0.15, -0.1) is 0 Å². The number of hydrogen-bond donors (Lipinski definition) is 0. The second-order valence-corrected chi connectivity index (χ2v) is 2.36. The van der Waals surface area contributed by atoms with E-state index in [1.54, 1.807) is 6.07 Å². The quantitative estimate of drug-likeness (QED) is 0.647. The topological polar surface area (TPSA) is 26.3 Å². The Morgan fingerprint density at radius 3 is 2.82 bits per heavy atom. The summed E-state index contributed by atoms with van der Waals surface area (Å²) in [5, 5.41) is 0. The zero-order valence-corrected chi connectivity index (χ0v) is 6.88. The highest BCUT2D eigenvalue weighted by molar-refractivity contribution is 7.17. The Labute approximate surface area is 67.5 Å². The van der Waals surface area contributed by atoms with Crippen molar-refractivity contribution in [1.82, 2.24) is 0 Å². The van der Waals surface area contributed by atoms with Crippen LogP contribution in [0, 0.1) is 6.92 Å². The highest BCUT2D eigenvalue weighted by Crippen LogP contribution is 2.20. The minimum atomic E-state index is -0.318. The molecule has 0 aliphatic rings. The molecule has 1 aromatic rings. The van der Waals surface area contributed by atoms with Gasteiger partial charge in [-0.2, -0.15) is 0 Å². The van der Waals surface area contributed by atoms with Gasteiger partial charge in [0, 0.05) is 0 Å². The van der Waals surface area contributed by atoms with Crippen LogP contribution in [0.1, 0.15) is 5.56 Å². The number of hydrogen-bond acceptors (Lipinski definition) is 2. The molecule has 57 valence electrons. The van der Waals surface area contributed by atoms with Gasteiger partial charge in [0.25, 0.3) is 0 Å². The first-order chi connectivity index (χ1) is 5.38. The predicted molar refractivity (Wildman–Crippen MR) is 43.7 cm³/mol. The summed E-state index contributed by atoms with van der Waals surface area (Å²) in [7, 11) is -0.318. The molecule has 0 bridgehead atoms. The number of benzene rings is 1. The molecule has 0 saturated heterocycles. The highest BCUT2D eigenvalue weighted by atomic mass is 31.1. The maximum Gasteiger partial charge on any atom is 0.395 e. The van der Waals surface area contributed by atoms with E-state index in [4.69, 9.17) is 4.52 Å². The van der Waals surface area contributed by atoms with Crippen molar-refractivity contribution in [1.29, 1.82) is 0 Å². The minimum absolute atomic E-state index is 0.318. The first-order valence-electron chi connectivity index (χ1n) is 3.25.